The van der Waals surface area contributed by atoms with E-state index in [-0.39, 0.29) is 12.8 Å². The summed E-state index contributed by atoms with van der Waals surface area (Å²) in [5.74, 6) is 0. The molecular formula is C23H52. The van der Waals surface area contributed by atoms with Crippen LogP contribution in [0.1, 0.15) is 96.9 Å². The lowest BCUT2D eigenvalue weighted by molar-refractivity contribution is 0.441. The van der Waals surface area contributed by atoms with Crippen LogP contribution in [0.4, 0.5) is 0 Å². The fourth-order valence-electron chi connectivity index (χ4n) is 0.503. The molecule has 0 aromatic carbocycles. The SMILES string of the molecule is C.C=C(C)C.C=CC.C=CC(=C)C(C)(C)CC.CC.CC.CC. The van der Waals surface area contributed by atoms with Gasteiger partial charge in [0.05, 0.1) is 0 Å². The van der Waals surface area contributed by atoms with E-state index in [4.69, 9.17) is 0 Å². The van der Waals surface area contributed by atoms with E-state index in [0.717, 1.165) is 12.0 Å². The Hall–Kier alpha value is -1.04. The highest BCUT2D eigenvalue weighted by Crippen LogP contribution is 2.28. The number of allylic oxidation sites excluding steroid dienone is 4. The maximum Gasteiger partial charge on any atom is -0.0112 e. The Kier molecular flexibility index (Phi) is 80.3. The molecule has 0 fully saturated rings. The number of hydrogen-bond donors (Lipinski definition) is 0. The largest absolute Gasteiger partial charge is 0.103 e. The van der Waals surface area contributed by atoms with E-state index < -0.39 is 0 Å². The first kappa shape index (κ1) is 43.1. The molecule has 0 amide bonds. The van der Waals surface area contributed by atoms with Crippen molar-refractivity contribution in [1.82, 2.24) is 0 Å². The third kappa shape index (κ3) is 76.0. The highest BCUT2D eigenvalue weighted by Gasteiger charge is 2.15. The average Bonchev–Trinajstić information content (AvgIpc) is 2.52. The minimum absolute atomic E-state index is 0. The van der Waals surface area contributed by atoms with Gasteiger partial charge in [0.2, 0.25) is 0 Å². The van der Waals surface area contributed by atoms with Crippen LogP contribution in [-0.2, 0) is 0 Å². The molecule has 0 aliphatic rings. The Morgan fingerprint density at radius 1 is 0.870 bits per heavy atom. The lowest BCUT2D eigenvalue weighted by Crippen LogP contribution is -2.10. The van der Waals surface area contributed by atoms with Crippen molar-refractivity contribution >= 4 is 0 Å². The zero-order chi connectivity index (χ0) is 19.8. The molecule has 0 spiro atoms. The van der Waals surface area contributed by atoms with Crippen molar-refractivity contribution in [3.8, 4) is 0 Å². The summed E-state index contributed by atoms with van der Waals surface area (Å²) in [5.41, 5.74) is 2.53. The molecule has 0 rings (SSSR count). The van der Waals surface area contributed by atoms with Crippen LogP contribution < -0.4 is 0 Å². The van der Waals surface area contributed by atoms with Gasteiger partial charge < -0.3 is 0 Å². The molecule has 0 heterocycles. The lowest BCUT2D eigenvalue weighted by atomic mass is 9.83. The van der Waals surface area contributed by atoms with Gasteiger partial charge in [0.1, 0.15) is 0 Å². The van der Waals surface area contributed by atoms with E-state index in [0.29, 0.717) is 0 Å². The maximum absolute atomic E-state index is 3.90. The van der Waals surface area contributed by atoms with Gasteiger partial charge in [0, 0.05) is 0 Å². The van der Waals surface area contributed by atoms with Gasteiger partial charge in [0.15, 0.2) is 0 Å². The van der Waals surface area contributed by atoms with Crippen LogP contribution in [0.2, 0.25) is 0 Å². The molecule has 0 aliphatic carbocycles. The minimum atomic E-state index is 0. The molecular weight excluding hydrogens is 276 g/mol. The van der Waals surface area contributed by atoms with E-state index in [1.807, 2.05) is 68.4 Å². The highest BCUT2D eigenvalue weighted by atomic mass is 14.2. The van der Waals surface area contributed by atoms with Crippen LogP contribution in [0.25, 0.3) is 0 Å². The predicted molar refractivity (Wildman–Crippen MR) is 121 cm³/mol. The van der Waals surface area contributed by atoms with E-state index in [1.54, 1.807) is 6.08 Å². The minimum Gasteiger partial charge on any atom is -0.103 e. The van der Waals surface area contributed by atoms with E-state index >= 15 is 0 Å². The summed E-state index contributed by atoms with van der Waals surface area (Å²) in [7, 11) is 0. The number of hydrogen-bond acceptors (Lipinski definition) is 0. The molecule has 0 aromatic heterocycles. The van der Waals surface area contributed by atoms with Gasteiger partial charge in [-0.25, -0.2) is 0 Å². The van der Waals surface area contributed by atoms with Crippen LogP contribution >= 0.6 is 0 Å². The lowest BCUT2D eigenvalue weighted by Gasteiger charge is -2.22. The molecule has 0 aromatic rings. The predicted octanol–water partition coefficient (Wildman–Crippen LogP) is 9.65. The molecule has 0 nitrogen and oxygen atoms in total. The molecule has 144 valence electrons. The van der Waals surface area contributed by atoms with Crippen LogP contribution in [0.5, 0.6) is 0 Å². The Bertz CT molecular complexity index is 212. The molecule has 0 saturated carbocycles. The van der Waals surface area contributed by atoms with Crippen molar-refractivity contribution in [2.24, 2.45) is 5.41 Å². The second kappa shape index (κ2) is 42.8. The highest BCUT2D eigenvalue weighted by molar-refractivity contribution is 5.18. The Labute approximate surface area is 152 Å². The van der Waals surface area contributed by atoms with Crippen LogP contribution in [0.15, 0.2) is 49.6 Å². The summed E-state index contributed by atoms with van der Waals surface area (Å²) in [4.78, 5) is 0. The molecule has 0 aliphatic heterocycles. The van der Waals surface area contributed by atoms with Crippen LogP contribution in [0, 0.1) is 5.41 Å². The van der Waals surface area contributed by atoms with E-state index in [1.165, 1.54) is 5.57 Å². The molecule has 0 N–H and O–H groups in total. The standard InChI is InChI=1S/C9H16.C4H8.C3H6.3C2H6.CH4/c1-6-8(3)9(4,5)7-2;1-4(2)3;1-3-2;3*1-2;/h6H,1,3,7H2,2,4-5H3;1H2,2-3H3;3H,1H2,2H3;3*1-2H3;1H4. The van der Waals surface area contributed by atoms with Crippen LogP contribution in [0.3, 0.4) is 0 Å². The molecule has 0 unspecified atom stereocenters. The Morgan fingerprint density at radius 2 is 1.04 bits per heavy atom. The summed E-state index contributed by atoms with van der Waals surface area (Å²) in [6.07, 6.45) is 4.71. The Balaban J connectivity index is -0.0000000311. The fraction of sp³-hybridized carbons (Fsp3) is 0.652. The van der Waals surface area contributed by atoms with Gasteiger partial charge in [-0.15, -0.1) is 13.2 Å². The smallest absolute Gasteiger partial charge is 0.0112 e. The molecule has 0 heteroatoms. The van der Waals surface area contributed by atoms with E-state index in [9.17, 15) is 0 Å². The molecule has 0 bridgehead atoms. The van der Waals surface area contributed by atoms with Gasteiger partial charge in [0.25, 0.3) is 0 Å². The van der Waals surface area contributed by atoms with Gasteiger partial charge >= 0.3 is 0 Å². The summed E-state index contributed by atoms with van der Waals surface area (Å²) in [5, 5.41) is 0. The second-order valence-electron chi connectivity index (χ2n) is 4.58. The van der Waals surface area contributed by atoms with Crippen molar-refractivity contribution in [2.75, 3.05) is 0 Å². The molecule has 0 saturated heterocycles. The number of rotatable bonds is 3. The van der Waals surface area contributed by atoms with Crippen molar-refractivity contribution in [1.29, 1.82) is 0 Å². The van der Waals surface area contributed by atoms with Crippen LogP contribution in [-0.4, -0.2) is 0 Å². The maximum atomic E-state index is 3.90. The summed E-state index contributed by atoms with van der Waals surface area (Å²) < 4.78 is 0. The third-order valence-electron chi connectivity index (χ3n) is 2.00. The summed E-state index contributed by atoms with van der Waals surface area (Å²) in [6, 6.07) is 0. The van der Waals surface area contributed by atoms with Crippen molar-refractivity contribution < 1.29 is 0 Å². The average molecular weight is 329 g/mol. The molecule has 0 radical (unpaired) electrons. The second-order valence-corrected chi connectivity index (χ2v) is 4.58. The molecule has 0 atom stereocenters. The zero-order valence-electron chi connectivity index (χ0n) is 18.2. The van der Waals surface area contributed by atoms with Gasteiger partial charge in [-0.2, -0.15) is 0 Å². The van der Waals surface area contributed by atoms with Gasteiger partial charge in [-0.1, -0.05) is 106 Å². The topological polar surface area (TPSA) is 0 Å². The van der Waals surface area contributed by atoms with Crippen molar-refractivity contribution in [3.05, 3.63) is 49.6 Å². The van der Waals surface area contributed by atoms with Crippen molar-refractivity contribution in [3.63, 3.8) is 0 Å². The van der Waals surface area contributed by atoms with Gasteiger partial charge in [-0.3, -0.25) is 0 Å². The summed E-state index contributed by atoms with van der Waals surface area (Å²) in [6.45, 7) is 38.8. The van der Waals surface area contributed by atoms with Gasteiger partial charge in [-0.05, 0) is 32.6 Å². The quantitative estimate of drug-likeness (QED) is 0.357. The normalized spacial score (nSPS) is 6.78. The third-order valence-corrected chi connectivity index (χ3v) is 2.00. The van der Waals surface area contributed by atoms with E-state index in [2.05, 4.69) is 47.1 Å². The van der Waals surface area contributed by atoms with Crippen molar-refractivity contribution in [2.45, 2.75) is 96.9 Å². The first-order chi connectivity index (χ1) is 10.2. The zero-order valence-corrected chi connectivity index (χ0v) is 18.2. The first-order valence-corrected chi connectivity index (χ1v) is 8.70. The molecule has 23 heavy (non-hydrogen) atoms. The fourth-order valence-corrected chi connectivity index (χ4v) is 0.503. The monoisotopic (exact) mass is 328 g/mol. The first-order valence-electron chi connectivity index (χ1n) is 8.70. The Morgan fingerprint density at radius 3 is 1.09 bits per heavy atom. The summed E-state index contributed by atoms with van der Waals surface area (Å²) >= 11 is 0.